The molecule has 5 nitrogen and oxygen atoms in total. The van der Waals surface area contributed by atoms with Crippen molar-refractivity contribution in [2.24, 2.45) is 0 Å². The number of amides is 1. The zero-order chi connectivity index (χ0) is 14.5. The SMILES string of the molecule is CCCCCNC(=O)c1cnc2c(cnn2C(C)C)c1. The smallest absolute Gasteiger partial charge is 0.252 e. The summed E-state index contributed by atoms with van der Waals surface area (Å²) in [7, 11) is 0. The van der Waals surface area contributed by atoms with Gasteiger partial charge in [0.2, 0.25) is 0 Å². The van der Waals surface area contributed by atoms with Gasteiger partial charge < -0.3 is 5.32 Å². The molecule has 0 bridgehead atoms. The predicted molar refractivity (Wildman–Crippen MR) is 79.8 cm³/mol. The number of fused-ring (bicyclic) bond motifs is 1. The van der Waals surface area contributed by atoms with Gasteiger partial charge in [-0.1, -0.05) is 19.8 Å². The third kappa shape index (κ3) is 3.15. The van der Waals surface area contributed by atoms with Crippen LogP contribution in [0.4, 0.5) is 0 Å². The Balaban J connectivity index is 2.10. The van der Waals surface area contributed by atoms with Gasteiger partial charge in [0.25, 0.3) is 5.91 Å². The van der Waals surface area contributed by atoms with Crippen molar-refractivity contribution in [2.45, 2.75) is 46.1 Å². The van der Waals surface area contributed by atoms with Crippen molar-refractivity contribution in [3.8, 4) is 0 Å². The molecule has 1 amide bonds. The molecular weight excluding hydrogens is 252 g/mol. The monoisotopic (exact) mass is 274 g/mol. The first-order valence-corrected chi connectivity index (χ1v) is 7.25. The highest BCUT2D eigenvalue weighted by molar-refractivity contribution is 5.96. The zero-order valence-electron chi connectivity index (χ0n) is 12.4. The molecule has 2 aromatic rings. The van der Waals surface area contributed by atoms with Gasteiger partial charge in [-0.25, -0.2) is 9.67 Å². The van der Waals surface area contributed by atoms with Crippen molar-refractivity contribution in [1.29, 1.82) is 0 Å². The quantitative estimate of drug-likeness (QED) is 0.824. The number of hydrogen-bond donors (Lipinski definition) is 1. The zero-order valence-corrected chi connectivity index (χ0v) is 12.4. The number of nitrogens with zero attached hydrogens (tertiary/aromatic N) is 3. The van der Waals surface area contributed by atoms with E-state index in [0.717, 1.165) is 36.8 Å². The lowest BCUT2D eigenvalue weighted by Gasteiger charge is -2.07. The van der Waals surface area contributed by atoms with E-state index in [1.54, 1.807) is 12.4 Å². The number of carbonyl (C=O) groups excluding carboxylic acids is 1. The molecule has 0 aromatic carbocycles. The molecule has 108 valence electrons. The molecule has 0 aliphatic heterocycles. The number of rotatable bonds is 6. The summed E-state index contributed by atoms with van der Waals surface area (Å²) < 4.78 is 1.86. The molecule has 0 saturated carbocycles. The number of nitrogens with one attached hydrogen (secondary N) is 1. The van der Waals surface area contributed by atoms with Crippen LogP contribution in [0, 0.1) is 0 Å². The highest BCUT2D eigenvalue weighted by Gasteiger charge is 2.11. The maximum atomic E-state index is 12.0. The molecular formula is C15H22N4O. The maximum Gasteiger partial charge on any atom is 0.252 e. The van der Waals surface area contributed by atoms with Crippen molar-refractivity contribution in [2.75, 3.05) is 6.54 Å². The third-order valence-electron chi connectivity index (χ3n) is 3.25. The lowest BCUT2D eigenvalue weighted by atomic mass is 10.2. The summed E-state index contributed by atoms with van der Waals surface area (Å²) in [5.74, 6) is -0.0622. The molecule has 0 radical (unpaired) electrons. The lowest BCUT2D eigenvalue weighted by Crippen LogP contribution is -2.24. The number of pyridine rings is 1. The van der Waals surface area contributed by atoms with Gasteiger partial charge in [-0.05, 0) is 26.3 Å². The summed E-state index contributed by atoms with van der Waals surface area (Å²) in [6, 6.07) is 2.11. The van der Waals surface area contributed by atoms with Gasteiger partial charge in [0.1, 0.15) is 0 Å². The van der Waals surface area contributed by atoms with Crippen LogP contribution in [0.2, 0.25) is 0 Å². The van der Waals surface area contributed by atoms with Crippen molar-refractivity contribution in [3.05, 3.63) is 24.0 Å². The Morgan fingerprint density at radius 1 is 1.35 bits per heavy atom. The van der Waals surface area contributed by atoms with Gasteiger partial charge in [-0.15, -0.1) is 0 Å². The largest absolute Gasteiger partial charge is 0.352 e. The van der Waals surface area contributed by atoms with Crippen LogP contribution in [0.15, 0.2) is 18.5 Å². The first-order valence-electron chi connectivity index (χ1n) is 7.25. The van der Waals surface area contributed by atoms with E-state index < -0.39 is 0 Å². The van der Waals surface area contributed by atoms with Crippen LogP contribution in [-0.2, 0) is 0 Å². The van der Waals surface area contributed by atoms with Gasteiger partial charge in [-0.2, -0.15) is 5.10 Å². The average Bonchev–Trinajstić information content (AvgIpc) is 2.86. The Labute approximate surface area is 119 Å². The number of unbranched alkanes of at least 4 members (excludes halogenated alkanes) is 2. The molecule has 0 unspecified atom stereocenters. The fourth-order valence-electron chi connectivity index (χ4n) is 2.12. The molecule has 0 aliphatic carbocycles. The Kier molecular flexibility index (Phi) is 4.71. The van der Waals surface area contributed by atoms with E-state index in [-0.39, 0.29) is 11.9 Å². The fraction of sp³-hybridized carbons (Fsp3) is 0.533. The highest BCUT2D eigenvalue weighted by atomic mass is 16.1. The molecule has 2 aromatic heterocycles. The minimum absolute atomic E-state index is 0.0622. The lowest BCUT2D eigenvalue weighted by molar-refractivity contribution is 0.0953. The molecule has 1 N–H and O–H groups in total. The van der Waals surface area contributed by atoms with Crippen LogP contribution < -0.4 is 5.32 Å². The van der Waals surface area contributed by atoms with E-state index in [2.05, 4.69) is 36.2 Å². The predicted octanol–water partition coefficient (Wildman–Crippen LogP) is 2.93. The number of hydrogen-bond acceptors (Lipinski definition) is 3. The van der Waals surface area contributed by atoms with Crippen LogP contribution in [0.25, 0.3) is 11.0 Å². The Morgan fingerprint density at radius 2 is 2.15 bits per heavy atom. The van der Waals surface area contributed by atoms with Crippen LogP contribution >= 0.6 is 0 Å². The van der Waals surface area contributed by atoms with E-state index in [1.165, 1.54) is 0 Å². The van der Waals surface area contributed by atoms with Gasteiger partial charge in [-0.3, -0.25) is 4.79 Å². The first-order chi connectivity index (χ1) is 9.63. The average molecular weight is 274 g/mol. The Hall–Kier alpha value is -1.91. The highest BCUT2D eigenvalue weighted by Crippen LogP contribution is 2.16. The topological polar surface area (TPSA) is 59.8 Å². The minimum atomic E-state index is -0.0622. The summed E-state index contributed by atoms with van der Waals surface area (Å²) in [4.78, 5) is 16.4. The van der Waals surface area contributed by atoms with E-state index in [0.29, 0.717) is 5.56 Å². The van der Waals surface area contributed by atoms with Gasteiger partial charge in [0.15, 0.2) is 5.65 Å². The van der Waals surface area contributed by atoms with Crippen molar-refractivity contribution in [3.63, 3.8) is 0 Å². The molecule has 0 spiro atoms. The van der Waals surface area contributed by atoms with E-state index >= 15 is 0 Å². The Bertz CT molecular complexity index is 589. The van der Waals surface area contributed by atoms with E-state index in [4.69, 9.17) is 0 Å². The normalized spacial score (nSPS) is 11.2. The summed E-state index contributed by atoms with van der Waals surface area (Å²) in [6.45, 7) is 6.98. The summed E-state index contributed by atoms with van der Waals surface area (Å²) >= 11 is 0. The maximum absolute atomic E-state index is 12.0. The van der Waals surface area contributed by atoms with Crippen LogP contribution in [0.1, 0.15) is 56.4 Å². The summed E-state index contributed by atoms with van der Waals surface area (Å²) in [6.07, 6.45) is 6.69. The summed E-state index contributed by atoms with van der Waals surface area (Å²) in [5.41, 5.74) is 1.42. The fourth-order valence-corrected chi connectivity index (χ4v) is 2.12. The first kappa shape index (κ1) is 14.5. The van der Waals surface area contributed by atoms with Crippen LogP contribution in [0.3, 0.4) is 0 Å². The number of carbonyl (C=O) groups is 1. The van der Waals surface area contributed by atoms with Gasteiger partial charge in [0.05, 0.1) is 11.8 Å². The molecule has 0 aliphatic rings. The molecule has 20 heavy (non-hydrogen) atoms. The van der Waals surface area contributed by atoms with E-state index in [1.807, 2.05) is 10.7 Å². The second kappa shape index (κ2) is 6.50. The molecule has 0 fully saturated rings. The van der Waals surface area contributed by atoms with Crippen LogP contribution in [0.5, 0.6) is 0 Å². The molecule has 0 saturated heterocycles. The third-order valence-corrected chi connectivity index (χ3v) is 3.25. The van der Waals surface area contributed by atoms with Gasteiger partial charge in [0, 0.05) is 24.2 Å². The van der Waals surface area contributed by atoms with E-state index in [9.17, 15) is 4.79 Å². The second-order valence-electron chi connectivity index (χ2n) is 5.28. The molecule has 0 atom stereocenters. The van der Waals surface area contributed by atoms with Crippen molar-refractivity contribution in [1.82, 2.24) is 20.1 Å². The molecule has 2 rings (SSSR count). The minimum Gasteiger partial charge on any atom is -0.352 e. The standard InChI is InChI=1S/C15H22N4O/c1-4-5-6-7-16-15(20)13-8-12-10-18-19(11(2)3)14(12)17-9-13/h8-11H,4-7H2,1-3H3,(H,16,20). The van der Waals surface area contributed by atoms with Crippen molar-refractivity contribution >= 4 is 16.9 Å². The van der Waals surface area contributed by atoms with Crippen LogP contribution in [-0.4, -0.2) is 27.2 Å². The Morgan fingerprint density at radius 3 is 2.85 bits per heavy atom. The van der Waals surface area contributed by atoms with Crippen molar-refractivity contribution < 1.29 is 4.79 Å². The second-order valence-corrected chi connectivity index (χ2v) is 5.28. The number of aromatic nitrogens is 3. The van der Waals surface area contributed by atoms with Gasteiger partial charge >= 0.3 is 0 Å². The molecule has 2 heterocycles. The molecule has 5 heteroatoms. The summed E-state index contributed by atoms with van der Waals surface area (Å²) in [5, 5.41) is 8.13.